The topological polar surface area (TPSA) is 26.7 Å². The molecule has 112 valence electrons. The third-order valence-electron chi connectivity index (χ3n) is 4.19. The summed E-state index contributed by atoms with van der Waals surface area (Å²) in [4.78, 5) is 4.92. The van der Waals surface area contributed by atoms with Gasteiger partial charge in [-0.3, -0.25) is 9.80 Å². The normalized spacial score (nSPS) is 25.2. The average Bonchev–Trinajstić information content (AvgIpc) is 2.42. The van der Waals surface area contributed by atoms with E-state index in [1.807, 2.05) is 0 Å². The maximum absolute atomic E-state index is 9.88. The second-order valence-electron chi connectivity index (χ2n) is 6.69. The van der Waals surface area contributed by atoms with E-state index in [1.165, 1.54) is 5.56 Å². The van der Waals surface area contributed by atoms with Crippen LogP contribution in [0.2, 0.25) is 0 Å². The molecule has 20 heavy (non-hydrogen) atoms. The SMILES string of the molecule is CC(C)CN1CCN(Cc2ccccc2)C(C)(CO)C1. The van der Waals surface area contributed by atoms with Crippen molar-refractivity contribution in [2.75, 3.05) is 32.8 Å². The van der Waals surface area contributed by atoms with E-state index < -0.39 is 0 Å². The van der Waals surface area contributed by atoms with Crippen molar-refractivity contribution in [2.24, 2.45) is 5.92 Å². The highest BCUT2D eigenvalue weighted by Gasteiger charge is 2.37. The van der Waals surface area contributed by atoms with E-state index in [2.05, 4.69) is 60.9 Å². The number of hydrogen-bond acceptors (Lipinski definition) is 3. The van der Waals surface area contributed by atoms with Gasteiger partial charge in [0, 0.05) is 32.7 Å². The molecule has 1 unspecified atom stereocenters. The third-order valence-corrected chi connectivity index (χ3v) is 4.19. The van der Waals surface area contributed by atoms with E-state index in [0.717, 1.165) is 32.7 Å². The maximum Gasteiger partial charge on any atom is 0.0625 e. The molecule has 0 saturated carbocycles. The Morgan fingerprint density at radius 3 is 2.50 bits per heavy atom. The Morgan fingerprint density at radius 2 is 1.90 bits per heavy atom. The van der Waals surface area contributed by atoms with Gasteiger partial charge in [0.2, 0.25) is 0 Å². The molecule has 3 heteroatoms. The Morgan fingerprint density at radius 1 is 1.20 bits per heavy atom. The van der Waals surface area contributed by atoms with Gasteiger partial charge in [-0.25, -0.2) is 0 Å². The fraction of sp³-hybridized carbons (Fsp3) is 0.647. The molecule has 2 rings (SSSR count). The summed E-state index contributed by atoms with van der Waals surface area (Å²) < 4.78 is 0. The van der Waals surface area contributed by atoms with E-state index in [4.69, 9.17) is 0 Å². The average molecular weight is 276 g/mol. The summed E-state index contributed by atoms with van der Waals surface area (Å²) in [5.41, 5.74) is 1.19. The molecule has 0 amide bonds. The molecule has 1 aliphatic heterocycles. The Labute approximate surface area is 123 Å². The fourth-order valence-corrected chi connectivity index (χ4v) is 3.09. The molecule has 1 N–H and O–H groups in total. The molecule has 1 aromatic carbocycles. The first-order chi connectivity index (χ1) is 9.53. The summed E-state index contributed by atoms with van der Waals surface area (Å²) in [6, 6.07) is 10.5. The van der Waals surface area contributed by atoms with Crippen LogP contribution in [0.15, 0.2) is 30.3 Å². The van der Waals surface area contributed by atoms with Crippen molar-refractivity contribution in [3.8, 4) is 0 Å². The quantitative estimate of drug-likeness (QED) is 0.893. The lowest BCUT2D eigenvalue weighted by atomic mass is 9.95. The number of aliphatic hydroxyl groups is 1. The van der Waals surface area contributed by atoms with Crippen molar-refractivity contribution in [2.45, 2.75) is 32.9 Å². The Bertz CT molecular complexity index is 407. The second kappa shape index (κ2) is 6.70. The van der Waals surface area contributed by atoms with Gasteiger partial charge >= 0.3 is 0 Å². The zero-order valence-corrected chi connectivity index (χ0v) is 13.0. The highest BCUT2D eigenvalue weighted by atomic mass is 16.3. The van der Waals surface area contributed by atoms with E-state index >= 15 is 0 Å². The molecule has 0 radical (unpaired) electrons. The van der Waals surface area contributed by atoms with Crippen LogP contribution in [0.1, 0.15) is 26.3 Å². The van der Waals surface area contributed by atoms with E-state index in [9.17, 15) is 5.11 Å². The molecule has 0 aromatic heterocycles. The smallest absolute Gasteiger partial charge is 0.0625 e. The second-order valence-corrected chi connectivity index (χ2v) is 6.69. The molecule has 1 heterocycles. The standard InChI is InChI=1S/C17H28N2O/c1-15(2)11-18-9-10-19(17(3,13-18)14-20)12-16-7-5-4-6-8-16/h4-8,15,20H,9-14H2,1-3H3. The fourth-order valence-electron chi connectivity index (χ4n) is 3.09. The molecular weight excluding hydrogens is 248 g/mol. The van der Waals surface area contributed by atoms with Gasteiger partial charge in [0.05, 0.1) is 12.1 Å². The maximum atomic E-state index is 9.88. The lowest BCUT2D eigenvalue weighted by Crippen LogP contribution is -2.62. The van der Waals surface area contributed by atoms with Crippen LogP contribution in [-0.4, -0.2) is 53.2 Å². The molecule has 1 saturated heterocycles. The Kier molecular flexibility index (Phi) is 5.19. The molecule has 1 fully saturated rings. The van der Waals surface area contributed by atoms with Crippen molar-refractivity contribution >= 4 is 0 Å². The molecule has 1 atom stereocenters. The Hall–Kier alpha value is -0.900. The lowest BCUT2D eigenvalue weighted by molar-refractivity contribution is -0.0341. The largest absolute Gasteiger partial charge is 0.394 e. The van der Waals surface area contributed by atoms with Crippen molar-refractivity contribution in [3.05, 3.63) is 35.9 Å². The van der Waals surface area contributed by atoms with Crippen LogP contribution in [0.4, 0.5) is 0 Å². The molecule has 1 aromatic rings. The summed E-state index contributed by atoms with van der Waals surface area (Å²) in [6.07, 6.45) is 0. The number of nitrogens with zero attached hydrogens (tertiary/aromatic N) is 2. The predicted molar refractivity (Wildman–Crippen MR) is 83.6 cm³/mol. The summed E-state index contributed by atoms with van der Waals surface area (Å²) in [7, 11) is 0. The van der Waals surface area contributed by atoms with Crippen LogP contribution in [0.3, 0.4) is 0 Å². The van der Waals surface area contributed by atoms with Gasteiger partial charge < -0.3 is 5.11 Å². The van der Waals surface area contributed by atoms with Crippen molar-refractivity contribution in [1.29, 1.82) is 0 Å². The van der Waals surface area contributed by atoms with Gasteiger partial charge in [-0.2, -0.15) is 0 Å². The van der Waals surface area contributed by atoms with Gasteiger partial charge in [-0.1, -0.05) is 44.2 Å². The molecular formula is C17H28N2O. The summed E-state index contributed by atoms with van der Waals surface area (Å²) in [6.45, 7) is 12.0. The predicted octanol–water partition coefficient (Wildman–Crippen LogP) is 2.21. The first-order valence-electron chi connectivity index (χ1n) is 7.66. The van der Waals surface area contributed by atoms with Crippen LogP contribution >= 0.6 is 0 Å². The number of aliphatic hydroxyl groups excluding tert-OH is 1. The highest BCUT2D eigenvalue weighted by Crippen LogP contribution is 2.24. The van der Waals surface area contributed by atoms with Gasteiger partial charge in [0.25, 0.3) is 0 Å². The van der Waals surface area contributed by atoms with Crippen LogP contribution in [-0.2, 0) is 6.54 Å². The van der Waals surface area contributed by atoms with Gasteiger partial charge in [-0.15, -0.1) is 0 Å². The first-order valence-corrected chi connectivity index (χ1v) is 7.66. The van der Waals surface area contributed by atoms with E-state index in [-0.39, 0.29) is 12.1 Å². The zero-order chi connectivity index (χ0) is 14.6. The first kappa shape index (κ1) is 15.5. The molecule has 3 nitrogen and oxygen atoms in total. The summed E-state index contributed by atoms with van der Waals surface area (Å²) in [5, 5.41) is 9.88. The van der Waals surface area contributed by atoms with Crippen LogP contribution < -0.4 is 0 Å². The number of benzene rings is 1. The van der Waals surface area contributed by atoms with Crippen molar-refractivity contribution in [3.63, 3.8) is 0 Å². The minimum Gasteiger partial charge on any atom is -0.394 e. The summed E-state index contributed by atoms with van der Waals surface area (Å²) in [5.74, 6) is 0.679. The number of piperazine rings is 1. The zero-order valence-electron chi connectivity index (χ0n) is 13.0. The lowest BCUT2D eigenvalue weighted by Gasteiger charge is -2.48. The molecule has 1 aliphatic rings. The van der Waals surface area contributed by atoms with Crippen LogP contribution in [0.25, 0.3) is 0 Å². The molecule has 0 spiro atoms. The minimum absolute atomic E-state index is 0.136. The van der Waals surface area contributed by atoms with E-state index in [0.29, 0.717) is 5.92 Å². The number of rotatable bonds is 5. The van der Waals surface area contributed by atoms with Gasteiger partial charge in [-0.05, 0) is 18.4 Å². The molecule has 0 aliphatic carbocycles. The monoisotopic (exact) mass is 276 g/mol. The van der Waals surface area contributed by atoms with Crippen LogP contribution in [0.5, 0.6) is 0 Å². The summed E-state index contributed by atoms with van der Waals surface area (Å²) >= 11 is 0. The van der Waals surface area contributed by atoms with Crippen molar-refractivity contribution < 1.29 is 5.11 Å². The van der Waals surface area contributed by atoms with Gasteiger partial charge in [0.15, 0.2) is 0 Å². The number of hydrogen-bond donors (Lipinski definition) is 1. The molecule has 0 bridgehead atoms. The minimum atomic E-state index is -0.136. The van der Waals surface area contributed by atoms with Crippen LogP contribution in [0, 0.1) is 5.92 Å². The van der Waals surface area contributed by atoms with E-state index in [1.54, 1.807) is 0 Å². The van der Waals surface area contributed by atoms with Crippen molar-refractivity contribution in [1.82, 2.24) is 9.80 Å². The highest BCUT2D eigenvalue weighted by molar-refractivity contribution is 5.15. The third kappa shape index (κ3) is 3.81. The van der Waals surface area contributed by atoms with Gasteiger partial charge in [0.1, 0.15) is 0 Å². The Balaban J connectivity index is 2.03.